The number of nitrogens with one attached hydrogen (secondary N) is 1. The first-order chi connectivity index (χ1) is 5.06. The number of hydrogen-bond donors (Lipinski definition) is 3. The van der Waals surface area contributed by atoms with Crippen molar-refractivity contribution in [2.45, 2.75) is 25.8 Å². The second kappa shape index (κ2) is 2.70. The number of aliphatic hydroxyl groups excluding tert-OH is 1. The van der Waals surface area contributed by atoms with Crippen molar-refractivity contribution >= 4 is 6.03 Å². The van der Waals surface area contributed by atoms with Crippen molar-refractivity contribution in [3.8, 4) is 0 Å². The van der Waals surface area contributed by atoms with Gasteiger partial charge in [-0.25, -0.2) is 4.79 Å². The smallest absolute Gasteiger partial charge is 0.312 e. The summed E-state index contributed by atoms with van der Waals surface area (Å²) in [6.07, 6.45) is 1.65. The topological polar surface area (TPSA) is 75.3 Å². The third-order valence-electron chi connectivity index (χ3n) is 2.21. The molecule has 11 heavy (non-hydrogen) atoms. The van der Waals surface area contributed by atoms with E-state index in [9.17, 15) is 4.79 Å². The van der Waals surface area contributed by atoms with Crippen molar-refractivity contribution in [1.82, 2.24) is 5.32 Å². The van der Waals surface area contributed by atoms with Crippen molar-refractivity contribution in [2.24, 2.45) is 11.1 Å². The van der Waals surface area contributed by atoms with Gasteiger partial charge in [-0.2, -0.15) is 0 Å². The van der Waals surface area contributed by atoms with Crippen molar-refractivity contribution in [1.29, 1.82) is 0 Å². The quantitative estimate of drug-likeness (QED) is 0.521. The molecule has 0 aromatic carbocycles. The second-order valence-electron chi connectivity index (χ2n) is 3.58. The molecule has 0 aliphatic heterocycles. The van der Waals surface area contributed by atoms with E-state index in [0.717, 1.165) is 12.8 Å². The highest BCUT2D eigenvalue weighted by Gasteiger charge is 2.39. The van der Waals surface area contributed by atoms with Gasteiger partial charge in [0, 0.05) is 12.6 Å². The minimum absolute atomic E-state index is 0.00706. The molecule has 0 saturated heterocycles. The molecule has 0 heterocycles. The van der Waals surface area contributed by atoms with Crippen LogP contribution in [0.25, 0.3) is 0 Å². The molecule has 64 valence electrons. The van der Waals surface area contributed by atoms with Crippen LogP contribution in [0.15, 0.2) is 0 Å². The molecule has 0 radical (unpaired) electrons. The summed E-state index contributed by atoms with van der Waals surface area (Å²) in [5, 5.41) is 11.4. The van der Waals surface area contributed by atoms with Gasteiger partial charge in [-0.1, -0.05) is 6.92 Å². The largest absolute Gasteiger partial charge is 0.396 e. The van der Waals surface area contributed by atoms with Crippen LogP contribution in [0, 0.1) is 5.41 Å². The highest BCUT2D eigenvalue weighted by Crippen LogP contribution is 2.39. The summed E-state index contributed by atoms with van der Waals surface area (Å²) in [6.45, 7) is 2.18. The number of carbonyl (C=O) groups excluding carboxylic acids is 1. The number of rotatable bonds is 2. The molecule has 1 aliphatic carbocycles. The lowest BCUT2D eigenvalue weighted by Gasteiger charge is -2.43. The molecule has 0 bridgehead atoms. The van der Waals surface area contributed by atoms with Gasteiger partial charge >= 0.3 is 6.03 Å². The highest BCUT2D eigenvalue weighted by molar-refractivity contribution is 5.72. The Hall–Kier alpha value is -0.770. The summed E-state index contributed by atoms with van der Waals surface area (Å²) in [5.41, 5.74) is 4.93. The van der Waals surface area contributed by atoms with Crippen molar-refractivity contribution in [2.75, 3.05) is 6.61 Å². The van der Waals surface area contributed by atoms with Crippen LogP contribution in [-0.2, 0) is 0 Å². The molecule has 4 nitrogen and oxygen atoms in total. The van der Waals surface area contributed by atoms with Crippen molar-refractivity contribution in [3.63, 3.8) is 0 Å². The highest BCUT2D eigenvalue weighted by atomic mass is 16.3. The van der Waals surface area contributed by atoms with E-state index in [2.05, 4.69) is 5.32 Å². The number of amides is 2. The normalized spacial score (nSPS) is 36.0. The predicted molar refractivity (Wildman–Crippen MR) is 40.9 cm³/mol. The molecule has 1 saturated carbocycles. The van der Waals surface area contributed by atoms with E-state index in [-0.39, 0.29) is 18.1 Å². The first-order valence-electron chi connectivity index (χ1n) is 3.72. The zero-order chi connectivity index (χ0) is 8.48. The number of urea groups is 1. The Bertz CT molecular complexity index is 164. The van der Waals surface area contributed by atoms with Gasteiger partial charge in [0.25, 0.3) is 0 Å². The first-order valence-corrected chi connectivity index (χ1v) is 3.72. The SMILES string of the molecule is CC1(CO)CC(NC(N)=O)C1. The van der Waals surface area contributed by atoms with Crippen molar-refractivity contribution in [3.05, 3.63) is 0 Å². The van der Waals surface area contributed by atoms with Crippen LogP contribution in [0.2, 0.25) is 0 Å². The number of aliphatic hydroxyl groups is 1. The van der Waals surface area contributed by atoms with E-state index in [0.29, 0.717) is 0 Å². The second-order valence-corrected chi connectivity index (χ2v) is 3.58. The van der Waals surface area contributed by atoms with E-state index in [1.165, 1.54) is 0 Å². The van der Waals surface area contributed by atoms with E-state index >= 15 is 0 Å². The summed E-state index contributed by atoms with van der Waals surface area (Å²) in [5.74, 6) is 0. The average molecular weight is 158 g/mol. The maximum absolute atomic E-state index is 10.4. The Balaban J connectivity index is 2.23. The summed E-state index contributed by atoms with van der Waals surface area (Å²) >= 11 is 0. The zero-order valence-electron chi connectivity index (χ0n) is 6.63. The maximum atomic E-state index is 10.4. The number of primary amides is 1. The lowest BCUT2D eigenvalue weighted by Crippen LogP contribution is -2.52. The van der Waals surface area contributed by atoms with Gasteiger partial charge in [0.2, 0.25) is 0 Å². The van der Waals surface area contributed by atoms with Crippen molar-refractivity contribution < 1.29 is 9.90 Å². The molecule has 1 rings (SSSR count). The number of nitrogens with two attached hydrogens (primary N) is 1. The standard InChI is InChI=1S/C7H14N2O2/c1-7(4-10)2-5(3-7)9-6(8)11/h5,10H,2-4H2,1H3,(H3,8,9,11). The van der Waals surface area contributed by atoms with E-state index in [4.69, 9.17) is 10.8 Å². The minimum atomic E-state index is -0.477. The summed E-state index contributed by atoms with van der Waals surface area (Å²) < 4.78 is 0. The minimum Gasteiger partial charge on any atom is -0.396 e. The third-order valence-corrected chi connectivity index (χ3v) is 2.21. The molecule has 4 heteroatoms. The molecule has 0 atom stereocenters. The first kappa shape index (κ1) is 8.33. The Labute approximate surface area is 65.8 Å². The molecule has 0 aromatic rings. The fourth-order valence-electron chi connectivity index (χ4n) is 1.56. The third kappa shape index (κ3) is 1.83. The van der Waals surface area contributed by atoms with Gasteiger partial charge in [0.1, 0.15) is 0 Å². The predicted octanol–water partition coefficient (Wildman–Crippen LogP) is -0.184. The number of hydrogen-bond acceptors (Lipinski definition) is 2. The Morgan fingerprint density at radius 1 is 1.82 bits per heavy atom. The molecule has 1 fully saturated rings. The fourth-order valence-corrected chi connectivity index (χ4v) is 1.56. The molecule has 0 unspecified atom stereocenters. The Kier molecular flexibility index (Phi) is 2.04. The molecule has 4 N–H and O–H groups in total. The van der Waals surface area contributed by atoms with E-state index < -0.39 is 6.03 Å². The van der Waals surface area contributed by atoms with Gasteiger partial charge in [-0.05, 0) is 18.3 Å². The number of carbonyl (C=O) groups is 1. The molecular formula is C7H14N2O2. The molecule has 0 aromatic heterocycles. The van der Waals surface area contributed by atoms with Crippen LogP contribution in [0.5, 0.6) is 0 Å². The average Bonchev–Trinajstić information content (AvgIpc) is 1.83. The Morgan fingerprint density at radius 2 is 2.36 bits per heavy atom. The van der Waals surface area contributed by atoms with Gasteiger partial charge in [-0.15, -0.1) is 0 Å². The van der Waals surface area contributed by atoms with Gasteiger partial charge < -0.3 is 16.2 Å². The summed E-state index contributed by atoms with van der Waals surface area (Å²) in [7, 11) is 0. The van der Waals surface area contributed by atoms with Crippen LogP contribution in [-0.4, -0.2) is 23.8 Å². The van der Waals surface area contributed by atoms with Crippen LogP contribution >= 0.6 is 0 Å². The lowest BCUT2D eigenvalue weighted by atomic mass is 9.67. The van der Waals surface area contributed by atoms with Crippen LogP contribution in [0.3, 0.4) is 0 Å². The Morgan fingerprint density at radius 3 is 2.73 bits per heavy atom. The summed E-state index contributed by atoms with van der Waals surface area (Å²) in [4.78, 5) is 10.4. The maximum Gasteiger partial charge on any atom is 0.312 e. The van der Waals surface area contributed by atoms with E-state index in [1.54, 1.807) is 0 Å². The monoisotopic (exact) mass is 158 g/mol. The van der Waals surface area contributed by atoms with E-state index in [1.807, 2.05) is 6.92 Å². The molecule has 2 amide bonds. The van der Waals surface area contributed by atoms with Gasteiger partial charge in [0.15, 0.2) is 0 Å². The lowest BCUT2D eigenvalue weighted by molar-refractivity contribution is 0.0365. The fraction of sp³-hybridized carbons (Fsp3) is 0.857. The molecule has 1 aliphatic rings. The van der Waals surface area contributed by atoms with Gasteiger partial charge in [0.05, 0.1) is 0 Å². The van der Waals surface area contributed by atoms with Crippen LogP contribution in [0.4, 0.5) is 4.79 Å². The molecular weight excluding hydrogens is 144 g/mol. The zero-order valence-corrected chi connectivity index (χ0v) is 6.63. The van der Waals surface area contributed by atoms with Gasteiger partial charge in [-0.3, -0.25) is 0 Å². The molecule has 0 spiro atoms. The van der Waals surface area contributed by atoms with Crippen LogP contribution < -0.4 is 11.1 Å². The van der Waals surface area contributed by atoms with Crippen LogP contribution in [0.1, 0.15) is 19.8 Å². The summed E-state index contributed by atoms with van der Waals surface area (Å²) in [6, 6.07) is -0.306.